The minimum absolute atomic E-state index is 0.00296. The molecular formula is C12H7N5OSe. The predicted octanol–water partition coefficient (Wildman–Crippen LogP) is 0.714. The van der Waals surface area contributed by atoms with Gasteiger partial charge in [0.05, 0.1) is 0 Å². The van der Waals surface area contributed by atoms with E-state index in [0.29, 0.717) is 11.5 Å². The number of nitrogens with one attached hydrogen (secondary N) is 1. The van der Waals surface area contributed by atoms with E-state index in [4.69, 9.17) is 0 Å². The van der Waals surface area contributed by atoms with Gasteiger partial charge in [0.15, 0.2) is 0 Å². The van der Waals surface area contributed by atoms with Crippen LogP contribution in [0.25, 0.3) is 26.5 Å². The number of benzene rings is 1. The number of H-pyrrole nitrogens is 1. The second kappa shape index (κ2) is 3.88. The van der Waals surface area contributed by atoms with Crippen LogP contribution in [0.1, 0.15) is 0 Å². The first kappa shape index (κ1) is 10.7. The van der Waals surface area contributed by atoms with Gasteiger partial charge < -0.3 is 0 Å². The van der Waals surface area contributed by atoms with Gasteiger partial charge >= 0.3 is 112 Å². The van der Waals surface area contributed by atoms with Gasteiger partial charge in [0, 0.05) is 0 Å². The average molecular weight is 316 g/mol. The molecule has 6 nitrogen and oxygen atoms in total. The number of rotatable bonds is 1. The fourth-order valence-corrected chi connectivity index (χ4v) is 4.13. The van der Waals surface area contributed by atoms with E-state index in [2.05, 4.69) is 20.2 Å². The molecule has 0 amide bonds. The maximum absolute atomic E-state index is 12.4. The van der Waals surface area contributed by atoms with Crippen LogP contribution < -0.4 is 5.56 Å². The van der Waals surface area contributed by atoms with Crippen LogP contribution in [0.15, 0.2) is 41.6 Å². The van der Waals surface area contributed by atoms with Crippen molar-refractivity contribution in [3.05, 3.63) is 47.1 Å². The summed E-state index contributed by atoms with van der Waals surface area (Å²) in [5.41, 5.74) is 0.571. The van der Waals surface area contributed by atoms with Gasteiger partial charge in [-0.05, 0) is 0 Å². The van der Waals surface area contributed by atoms with Crippen LogP contribution in [-0.4, -0.2) is 38.5 Å². The van der Waals surface area contributed by atoms with Crippen molar-refractivity contribution >= 4 is 35.4 Å². The SMILES string of the molecule is O=c1c2ccccc2[se]n1-c1ncnc2n[nH]cc12. The van der Waals surface area contributed by atoms with E-state index >= 15 is 0 Å². The number of aromatic amines is 1. The molecule has 0 radical (unpaired) electrons. The monoisotopic (exact) mass is 317 g/mol. The van der Waals surface area contributed by atoms with E-state index in [-0.39, 0.29) is 20.3 Å². The predicted molar refractivity (Wildman–Crippen MR) is 71.7 cm³/mol. The van der Waals surface area contributed by atoms with E-state index < -0.39 is 0 Å². The van der Waals surface area contributed by atoms with Crippen LogP contribution in [0.4, 0.5) is 0 Å². The van der Waals surface area contributed by atoms with E-state index in [1.807, 2.05) is 24.3 Å². The number of hydrogen-bond acceptors (Lipinski definition) is 4. The quantitative estimate of drug-likeness (QED) is 0.525. The first-order valence-corrected chi connectivity index (χ1v) is 7.23. The molecule has 4 aromatic rings. The molecule has 3 aromatic heterocycles. The molecular weight excluding hydrogens is 309 g/mol. The zero-order valence-electron chi connectivity index (χ0n) is 9.57. The zero-order chi connectivity index (χ0) is 12.8. The topological polar surface area (TPSA) is 76.5 Å². The van der Waals surface area contributed by atoms with Crippen LogP contribution in [0, 0.1) is 0 Å². The molecule has 0 aliphatic heterocycles. The van der Waals surface area contributed by atoms with Crippen LogP contribution in [0.2, 0.25) is 0 Å². The van der Waals surface area contributed by atoms with Crippen molar-refractivity contribution in [2.45, 2.75) is 0 Å². The summed E-state index contributed by atoms with van der Waals surface area (Å²) in [6.07, 6.45) is 3.15. The van der Waals surface area contributed by atoms with Gasteiger partial charge in [0.2, 0.25) is 0 Å². The van der Waals surface area contributed by atoms with Crippen molar-refractivity contribution in [1.29, 1.82) is 0 Å². The number of hydrogen-bond donors (Lipinski definition) is 1. The summed E-state index contributed by atoms with van der Waals surface area (Å²) < 4.78 is 2.80. The Kier molecular flexibility index (Phi) is 2.18. The average Bonchev–Trinajstić information content (AvgIpc) is 3.04. The van der Waals surface area contributed by atoms with Crippen molar-refractivity contribution in [3.63, 3.8) is 0 Å². The Bertz CT molecular complexity index is 951. The Labute approximate surface area is 112 Å². The van der Waals surface area contributed by atoms with Crippen LogP contribution in [-0.2, 0) is 0 Å². The maximum atomic E-state index is 12.4. The second-order valence-corrected chi connectivity index (χ2v) is 6.08. The summed E-state index contributed by atoms with van der Waals surface area (Å²) in [5, 5.41) is 8.30. The summed E-state index contributed by atoms with van der Waals surface area (Å²) in [6, 6.07) is 7.67. The molecule has 0 saturated carbocycles. The van der Waals surface area contributed by atoms with Crippen molar-refractivity contribution < 1.29 is 0 Å². The summed E-state index contributed by atoms with van der Waals surface area (Å²) in [4.78, 5) is 20.7. The van der Waals surface area contributed by atoms with Gasteiger partial charge in [0.25, 0.3) is 0 Å². The Hall–Kier alpha value is -2.24. The molecule has 0 bridgehead atoms. The molecule has 7 heteroatoms. The minimum atomic E-state index is -0.0910. The molecule has 0 atom stereocenters. The van der Waals surface area contributed by atoms with E-state index in [1.165, 1.54) is 6.33 Å². The molecule has 0 aliphatic rings. The Balaban J connectivity index is 2.12. The molecule has 1 N–H and O–H groups in total. The first-order valence-electron chi connectivity index (χ1n) is 5.60. The van der Waals surface area contributed by atoms with Crippen molar-refractivity contribution in [2.24, 2.45) is 0 Å². The molecule has 0 unspecified atom stereocenters. The van der Waals surface area contributed by atoms with Gasteiger partial charge in [-0.2, -0.15) is 0 Å². The van der Waals surface area contributed by atoms with Gasteiger partial charge in [-0.3, -0.25) is 0 Å². The normalized spacial score (nSPS) is 11.4. The summed E-state index contributed by atoms with van der Waals surface area (Å²) >= 11 is -0.0910. The van der Waals surface area contributed by atoms with Crippen LogP contribution in [0.5, 0.6) is 0 Å². The van der Waals surface area contributed by atoms with Crippen LogP contribution >= 0.6 is 0 Å². The molecule has 19 heavy (non-hydrogen) atoms. The van der Waals surface area contributed by atoms with Crippen molar-refractivity contribution in [3.8, 4) is 5.82 Å². The number of fused-ring (bicyclic) bond motifs is 2. The summed E-state index contributed by atoms with van der Waals surface area (Å²) in [7, 11) is 0. The Morgan fingerprint density at radius 3 is 2.95 bits per heavy atom. The summed E-state index contributed by atoms with van der Waals surface area (Å²) in [5.74, 6) is 0.625. The number of aromatic nitrogens is 5. The van der Waals surface area contributed by atoms with Crippen molar-refractivity contribution in [2.75, 3.05) is 0 Å². The third-order valence-corrected chi connectivity index (χ3v) is 5.16. The molecule has 0 aliphatic carbocycles. The van der Waals surface area contributed by atoms with Gasteiger partial charge in [-0.15, -0.1) is 0 Å². The van der Waals surface area contributed by atoms with E-state index in [0.717, 1.165) is 15.0 Å². The third kappa shape index (κ3) is 1.49. The molecule has 3 heterocycles. The van der Waals surface area contributed by atoms with E-state index in [9.17, 15) is 4.79 Å². The fraction of sp³-hybridized carbons (Fsp3) is 0. The standard InChI is InChI=1S/C12H7N5OSe/c18-12-7-3-1-2-4-9(7)19-17(12)11-8-5-15-16-10(8)13-6-14-11/h1-6H,(H,13,14,15,16). The fourth-order valence-electron chi connectivity index (χ4n) is 2.03. The van der Waals surface area contributed by atoms with E-state index in [1.54, 1.807) is 9.76 Å². The zero-order valence-corrected chi connectivity index (χ0v) is 11.3. The second-order valence-electron chi connectivity index (χ2n) is 4.01. The van der Waals surface area contributed by atoms with Crippen molar-refractivity contribution in [1.82, 2.24) is 23.7 Å². The molecule has 1 aromatic carbocycles. The van der Waals surface area contributed by atoms with Crippen LogP contribution in [0.3, 0.4) is 0 Å². The number of nitrogens with zero attached hydrogens (tertiary/aromatic N) is 4. The molecule has 92 valence electrons. The van der Waals surface area contributed by atoms with Gasteiger partial charge in [0.1, 0.15) is 0 Å². The Morgan fingerprint density at radius 1 is 1.16 bits per heavy atom. The molecule has 4 rings (SSSR count). The first-order chi connectivity index (χ1) is 9.34. The van der Waals surface area contributed by atoms with Gasteiger partial charge in [-0.25, -0.2) is 0 Å². The molecule has 0 spiro atoms. The Morgan fingerprint density at radius 2 is 2.05 bits per heavy atom. The molecule has 0 saturated heterocycles. The summed E-state index contributed by atoms with van der Waals surface area (Å²) in [6.45, 7) is 0. The van der Waals surface area contributed by atoms with Gasteiger partial charge in [-0.1, -0.05) is 0 Å². The third-order valence-electron chi connectivity index (χ3n) is 2.91. The molecule has 0 fully saturated rings.